The zero-order valence-corrected chi connectivity index (χ0v) is 12.9. The van der Waals surface area contributed by atoms with E-state index in [0.29, 0.717) is 12.1 Å². The van der Waals surface area contributed by atoms with Crippen molar-refractivity contribution in [2.75, 3.05) is 0 Å². The maximum atomic E-state index is 14.3. The summed E-state index contributed by atoms with van der Waals surface area (Å²) in [5, 5.41) is 14.0. The van der Waals surface area contributed by atoms with Crippen molar-refractivity contribution in [2.45, 2.75) is 18.1 Å². The third-order valence-electron chi connectivity index (χ3n) is 3.06. The van der Waals surface area contributed by atoms with E-state index in [-0.39, 0.29) is 12.4 Å². The van der Waals surface area contributed by atoms with Crippen LogP contribution in [0.5, 0.6) is 0 Å². The number of hydrogen-bond donors (Lipinski definition) is 2. The molecule has 0 fully saturated rings. The summed E-state index contributed by atoms with van der Waals surface area (Å²) in [6.07, 6.45) is 2.09. The minimum absolute atomic E-state index is 0. The van der Waals surface area contributed by atoms with Gasteiger partial charge in [-0.2, -0.15) is 13.9 Å². The number of nitrogens with zero attached hydrogens (tertiary/aromatic N) is 3. The van der Waals surface area contributed by atoms with Gasteiger partial charge in [0.05, 0.1) is 6.54 Å². The molecule has 11 heteroatoms. The van der Waals surface area contributed by atoms with Crippen LogP contribution in [0.1, 0.15) is 5.56 Å². The molecule has 0 bridgehead atoms. The minimum Gasteiger partial charge on any atom is -0.388 e. The van der Waals surface area contributed by atoms with Crippen molar-refractivity contribution in [3.8, 4) is 0 Å². The van der Waals surface area contributed by atoms with Crippen LogP contribution in [0, 0.1) is 11.6 Å². The second kappa shape index (κ2) is 6.77. The van der Waals surface area contributed by atoms with E-state index in [9.17, 15) is 22.7 Å². The highest BCUT2D eigenvalue weighted by Crippen LogP contribution is 2.40. The number of nitrogens with two attached hydrogens (primary N) is 1. The van der Waals surface area contributed by atoms with Crippen LogP contribution in [0.2, 0.25) is 0 Å². The zero-order valence-electron chi connectivity index (χ0n) is 11.3. The van der Waals surface area contributed by atoms with Crippen LogP contribution in [-0.2, 0) is 12.1 Å². The summed E-state index contributed by atoms with van der Waals surface area (Å²) < 4.78 is 56.4. The van der Waals surface area contributed by atoms with Crippen molar-refractivity contribution >= 4 is 29.6 Å². The molecular formula is C12H11ClF4N4OS. The van der Waals surface area contributed by atoms with Gasteiger partial charge >= 0.3 is 5.92 Å². The van der Waals surface area contributed by atoms with E-state index in [2.05, 4.69) is 22.3 Å². The lowest BCUT2D eigenvalue weighted by Gasteiger charge is -2.35. The second-order valence-corrected chi connectivity index (χ2v) is 4.96. The summed E-state index contributed by atoms with van der Waals surface area (Å²) in [6, 6.07) is 1.81. The van der Waals surface area contributed by atoms with Crippen molar-refractivity contribution in [2.24, 2.45) is 5.73 Å². The van der Waals surface area contributed by atoms with Crippen molar-refractivity contribution in [3.05, 3.63) is 48.1 Å². The van der Waals surface area contributed by atoms with Crippen molar-refractivity contribution in [1.82, 2.24) is 14.8 Å². The Morgan fingerprint density at radius 1 is 1.35 bits per heavy atom. The SMILES string of the molecule is Cl.NC(=S)C(F)(F)C(O)(Cn1cncn1)c1ccc(F)cc1F. The number of alkyl halides is 2. The normalized spacial score (nSPS) is 14.0. The molecule has 0 aliphatic rings. The van der Waals surface area contributed by atoms with Gasteiger partial charge in [-0.15, -0.1) is 12.4 Å². The summed E-state index contributed by atoms with van der Waals surface area (Å²) in [4.78, 5) is 2.21. The van der Waals surface area contributed by atoms with Gasteiger partial charge in [-0.1, -0.05) is 12.2 Å². The lowest BCUT2D eigenvalue weighted by molar-refractivity contribution is -0.154. The largest absolute Gasteiger partial charge is 0.388 e. The summed E-state index contributed by atoms with van der Waals surface area (Å²) in [5.41, 5.74) is 0.961. The maximum absolute atomic E-state index is 14.3. The molecule has 0 spiro atoms. The Morgan fingerprint density at radius 3 is 2.48 bits per heavy atom. The average Bonchev–Trinajstić information content (AvgIpc) is 2.90. The van der Waals surface area contributed by atoms with E-state index < -0.39 is 40.3 Å². The van der Waals surface area contributed by atoms with E-state index in [4.69, 9.17) is 5.73 Å². The molecule has 1 atom stereocenters. The lowest BCUT2D eigenvalue weighted by atomic mass is 9.86. The van der Waals surface area contributed by atoms with Gasteiger partial charge < -0.3 is 10.8 Å². The van der Waals surface area contributed by atoms with Crippen LogP contribution in [0.25, 0.3) is 0 Å². The number of rotatable bonds is 5. The van der Waals surface area contributed by atoms with Crippen LogP contribution in [0.4, 0.5) is 17.6 Å². The minimum atomic E-state index is -4.17. The summed E-state index contributed by atoms with van der Waals surface area (Å²) in [5.74, 6) is -6.52. The predicted octanol–water partition coefficient (Wildman–Crippen LogP) is 1.79. The van der Waals surface area contributed by atoms with Gasteiger partial charge in [0.25, 0.3) is 0 Å². The van der Waals surface area contributed by atoms with Gasteiger partial charge in [0.2, 0.25) is 0 Å². The number of benzene rings is 1. The quantitative estimate of drug-likeness (QED) is 0.620. The number of halogens is 5. The fourth-order valence-electron chi connectivity index (χ4n) is 1.93. The Labute approximate surface area is 139 Å². The van der Waals surface area contributed by atoms with Gasteiger partial charge in [0.1, 0.15) is 29.3 Å². The zero-order chi connectivity index (χ0) is 16.5. The molecule has 0 amide bonds. The molecule has 5 nitrogen and oxygen atoms in total. The predicted molar refractivity (Wildman–Crippen MR) is 79.3 cm³/mol. The van der Waals surface area contributed by atoms with Crippen LogP contribution < -0.4 is 5.73 Å². The number of aromatic nitrogens is 3. The van der Waals surface area contributed by atoms with Crippen molar-refractivity contribution in [1.29, 1.82) is 0 Å². The summed E-state index contributed by atoms with van der Waals surface area (Å²) in [7, 11) is 0. The molecule has 126 valence electrons. The van der Waals surface area contributed by atoms with Gasteiger partial charge in [-0.3, -0.25) is 0 Å². The van der Waals surface area contributed by atoms with Crippen molar-refractivity contribution < 1.29 is 22.7 Å². The molecule has 0 radical (unpaired) electrons. The number of aliphatic hydroxyl groups is 1. The molecule has 1 aromatic carbocycles. The first-order valence-electron chi connectivity index (χ1n) is 5.86. The monoisotopic (exact) mass is 370 g/mol. The number of hydrogen-bond acceptors (Lipinski definition) is 4. The van der Waals surface area contributed by atoms with E-state index in [1.54, 1.807) is 0 Å². The molecule has 0 aliphatic heterocycles. The highest BCUT2D eigenvalue weighted by atomic mass is 35.5. The van der Waals surface area contributed by atoms with E-state index >= 15 is 0 Å². The molecule has 1 aromatic heterocycles. The van der Waals surface area contributed by atoms with Gasteiger partial charge in [0, 0.05) is 11.6 Å². The molecule has 0 aliphatic carbocycles. The van der Waals surface area contributed by atoms with E-state index in [1.807, 2.05) is 0 Å². The molecule has 1 heterocycles. The first kappa shape index (κ1) is 19.3. The molecule has 1 unspecified atom stereocenters. The Kier molecular flexibility index (Phi) is 5.67. The first-order valence-corrected chi connectivity index (χ1v) is 6.27. The van der Waals surface area contributed by atoms with Crippen molar-refractivity contribution in [3.63, 3.8) is 0 Å². The third-order valence-corrected chi connectivity index (χ3v) is 3.32. The maximum Gasteiger partial charge on any atom is 0.331 e. The second-order valence-electron chi connectivity index (χ2n) is 4.52. The molecule has 0 saturated carbocycles. The molecule has 2 rings (SSSR count). The molecular weight excluding hydrogens is 360 g/mol. The summed E-state index contributed by atoms with van der Waals surface area (Å²) in [6.45, 7) is -0.889. The fourth-order valence-corrected chi connectivity index (χ4v) is 2.10. The Bertz CT molecular complexity index is 700. The molecule has 0 saturated heterocycles. The smallest absolute Gasteiger partial charge is 0.331 e. The fraction of sp³-hybridized carbons (Fsp3) is 0.250. The van der Waals surface area contributed by atoms with Gasteiger partial charge in [-0.25, -0.2) is 18.4 Å². The van der Waals surface area contributed by atoms with Crippen LogP contribution in [0.3, 0.4) is 0 Å². The van der Waals surface area contributed by atoms with E-state index in [0.717, 1.165) is 23.4 Å². The van der Waals surface area contributed by atoms with E-state index in [1.165, 1.54) is 0 Å². The summed E-state index contributed by atoms with van der Waals surface area (Å²) >= 11 is 4.27. The average molecular weight is 371 g/mol. The molecule has 3 N–H and O–H groups in total. The highest BCUT2D eigenvalue weighted by Gasteiger charge is 2.58. The molecule has 2 aromatic rings. The lowest BCUT2D eigenvalue weighted by Crippen LogP contribution is -2.55. The Hall–Kier alpha value is -1.78. The van der Waals surface area contributed by atoms with Crippen LogP contribution in [0.15, 0.2) is 30.9 Å². The Balaban J connectivity index is 0.00000264. The number of thiocarbonyl (C=S) groups is 1. The first-order chi connectivity index (χ1) is 10.2. The standard InChI is InChI=1S/C12H10F4N4OS.ClH/c13-7-1-2-8(9(14)3-7)11(21,12(15,16)10(17)22)4-20-6-18-5-19-20;/h1-3,5-6,21H,4H2,(H2,17,22);1H. The van der Waals surface area contributed by atoms with Gasteiger partial charge in [0.15, 0.2) is 5.60 Å². The third kappa shape index (κ3) is 3.43. The van der Waals surface area contributed by atoms with Crippen LogP contribution in [-0.4, -0.2) is 30.8 Å². The van der Waals surface area contributed by atoms with Gasteiger partial charge in [-0.05, 0) is 12.1 Å². The van der Waals surface area contributed by atoms with Crippen LogP contribution >= 0.6 is 24.6 Å². The molecule has 23 heavy (non-hydrogen) atoms. The Morgan fingerprint density at radius 2 is 2.00 bits per heavy atom. The topological polar surface area (TPSA) is 77.0 Å². The highest BCUT2D eigenvalue weighted by molar-refractivity contribution is 7.80.